The van der Waals surface area contributed by atoms with Crippen LogP contribution in [-0.2, 0) is 6.42 Å². The van der Waals surface area contributed by atoms with Crippen LogP contribution < -0.4 is 5.73 Å². The van der Waals surface area contributed by atoms with E-state index >= 15 is 0 Å². The van der Waals surface area contributed by atoms with Crippen molar-refractivity contribution in [1.29, 1.82) is 5.26 Å². The molecule has 0 saturated heterocycles. The normalized spacial score (nSPS) is 12.4. The van der Waals surface area contributed by atoms with E-state index in [0.717, 1.165) is 22.5 Å². The summed E-state index contributed by atoms with van der Waals surface area (Å²) in [7, 11) is 0. The molecule has 0 aliphatic heterocycles. The number of anilines is 1. The van der Waals surface area contributed by atoms with E-state index < -0.39 is 0 Å². The van der Waals surface area contributed by atoms with Crippen LogP contribution in [0.4, 0.5) is 5.95 Å². The molecule has 0 saturated carbocycles. The van der Waals surface area contributed by atoms with Gasteiger partial charge in [-0.05, 0) is 31.5 Å². The number of nitriles is 1. The maximum Gasteiger partial charge on any atom is 0.201 e. The lowest BCUT2D eigenvalue weighted by Crippen LogP contribution is -2.09. The van der Waals surface area contributed by atoms with E-state index in [2.05, 4.69) is 29.9 Å². The molecule has 3 aromatic rings. The Morgan fingerprint density at radius 3 is 2.95 bits per heavy atom. The van der Waals surface area contributed by atoms with E-state index in [0.29, 0.717) is 11.5 Å². The van der Waals surface area contributed by atoms with Crippen molar-refractivity contribution < 1.29 is 0 Å². The van der Waals surface area contributed by atoms with Gasteiger partial charge in [-0.15, -0.1) is 11.3 Å². The number of benzene rings is 1. The van der Waals surface area contributed by atoms with E-state index in [4.69, 9.17) is 11.0 Å². The molecule has 2 aromatic heterocycles. The Labute approximate surface area is 126 Å². The number of rotatable bonds is 3. The second-order valence-electron chi connectivity index (χ2n) is 4.85. The highest BCUT2D eigenvalue weighted by Gasteiger charge is 2.18. The smallest absolute Gasteiger partial charge is 0.201 e. The van der Waals surface area contributed by atoms with Crippen molar-refractivity contribution in [2.45, 2.75) is 26.3 Å². The van der Waals surface area contributed by atoms with Crippen molar-refractivity contribution in [2.24, 2.45) is 0 Å². The number of aryl methyl sites for hydroxylation is 1. The summed E-state index contributed by atoms with van der Waals surface area (Å²) < 4.78 is 1.94. The molecule has 0 aliphatic rings. The van der Waals surface area contributed by atoms with Gasteiger partial charge in [-0.3, -0.25) is 0 Å². The van der Waals surface area contributed by atoms with Gasteiger partial charge in [-0.2, -0.15) is 5.26 Å². The Hall–Kier alpha value is -2.39. The van der Waals surface area contributed by atoms with Gasteiger partial charge >= 0.3 is 0 Å². The average Bonchev–Trinajstić information content (AvgIpc) is 3.09. The molecule has 3 rings (SSSR count). The van der Waals surface area contributed by atoms with Gasteiger partial charge in [0.2, 0.25) is 5.95 Å². The fourth-order valence-electron chi connectivity index (χ4n) is 2.38. The molecule has 21 heavy (non-hydrogen) atoms. The first-order valence-corrected chi connectivity index (χ1v) is 7.57. The van der Waals surface area contributed by atoms with Crippen molar-refractivity contribution in [2.75, 3.05) is 5.73 Å². The summed E-state index contributed by atoms with van der Waals surface area (Å²) in [5.74, 6) is 0.445. The van der Waals surface area contributed by atoms with Crippen molar-refractivity contribution >= 4 is 28.3 Å². The van der Waals surface area contributed by atoms with Crippen LogP contribution in [0.15, 0.2) is 24.4 Å². The number of nitrogens with two attached hydrogens (primary N) is 1. The first-order valence-electron chi connectivity index (χ1n) is 6.76. The molecule has 0 amide bonds. The Bertz CT molecular complexity index is 839. The van der Waals surface area contributed by atoms with E-state index in [1.807, 2.05) is 22.9 Å². The van der Waals surface area contributed by atoms with Crippen LogP contribution in [0, 0.1) is 11.3 Å². The summed E-state index contributed by atoms with van der Waals surface area (Å²) in [5, 5.41) is 10.1. The second kappa shape index (κ2) is 5.19. The number of hydrogen-bond acceptors (Lipinski definition) is 5. The van der Waals surface area contributed by atoms with E-state index in [1.165, 1.54) is 4.88 Å². The number of aromatic nitrogens is 3. The van der Waals surface area contributed by atoms with Crippen molar-refractivity contribution in [3.63, 3.8) is 0 Å². The third-order valence-corrected chi connectivity index (χ3v) is 4.82. The van der Waals surface area contributed by atoms with Gasteiger partial charge in [0.05, 0.1) is 28.7 Å². The number of hydrogen-bond donors (Lipinski definition) is 1. The largest absolute Gasteiger partial charge is 0.369 e. The zero-order valence-corrected chi connectivity index (χ0v) is 12.7. The minimum Gasteiger partial charge on any atom is -0.369 e. The molecule has 5 nitrogen and oxygen atoms in total. The van der Waals surface area contributed by atoms with E-state index in [9.17, 15) is 0 Å². The Balaban J connectivity index is 2.14. The Kier molecular flexibility index (Phi) is 3.35. The molecule has 0 fully saturated rings. The second-order valence-corrected chi connectivity index (χ2v) is 6.00. The molecule has 2 heterocycles. The van der Waals surface area contributed by atoms with Crippen LogP contribution in [0.5, 0.6) is 0 Å². The molecule has 0 radical (unpaired) electrons. The van der Waals surface area contributed by atoms with Crippen molar-refractivity contribution in [3.05, 3.63) is 39.8 Å². The molecule has 0 bridgehead atoms. The van der Waals surface area contributed by atoms with Gasteiger partial charge in [-0.25, -0.2) is 9.97 Å². The molecular weight excluding hydrogens is 282 g/mol. The summed E-state index contributed by atoms with van der Waals surface area (Å²) in [4.78, 5) is 10.1. The summed E-state index contributed by atoms with van der Waals surface area (Å²) in [6, 6.07) is 7.55. The Morgan fingerprint density at radius 2 is 2.29 bits per heavy atom. The van der Waals surface area contributed by atoms with Crippen LogP contribution in [-0.4, -0.2) is 14.5 Å². The molecule has 0 aliphatic carbocycles. The minimum atomic E-state index is -0.00533. The van der Waals surface area contributed by atoms with Crippen LogP contribution in [0.25, 0.3) is 11.0 Å². The fraction of sp³-hybridized carbons (Fsp3) is 0.267. The number of fused-ring (bicyclic) bond motifs is 1. The maximum absolute atomic E-state index is 9.06. The predicted octanol–water partition coefficient (Wildman–Crippen LogP) is 3.12. The third-order valence-electron chi connectivity index (χ3n) is 3.51. The van der Waals surface area contributed by atoms with Crippen molar-refractivity contribution in [1.82, 2.24) is 14.5 Å². The number of nitrogen functional groups attached to an aromatic ring is 1. The molecular formula is C15H15N5S. The SMILES string of the molecule is CCc1cnc(C(C)n2c(N)nc3ccc(C#N)cc32)s1. The van der Waals surface area contributed by atoms with Crippen LogP contribution in [0.3, 0.4) is 0 Å². The molecule has 1 aromatic carbocycles. The standard InChI is InChI=1S/C15H15N5S/c1-3-11-8-18-14(21-11)9(2)20-13-6-10(7-16)4-5-12(13)19-15(20)17/h4-6,8-9H,3H2,1-2H3,(H2,17,19). The van der Waals surface area contributed by atoms with Crippen LogP contribution >= 0.6 is 11.3 Å². The highest BCUT2D eigenvalue weighted by atomic mass is 32.1. The highest BCUT2D eigenvalue weighted by Crippen LogP contribution is 2.30. The topological polar surface area (TPSA) is 80.5 Å². The predicted molar refractivity (Wildman–Crippen MR) is 84.2 cm³/mol. The summed E-state index contributed by atoms with van der Waals surface area (Å²) in [6.45, 7) is 4.16. The summed E-state index contributed by atoms with van der Waals surface area (Å²) in [5.41, 5.74) is 8.33. The molecule has 6 heteroatoms. The first kappa shape index (κ1) is 13.6. The van der Waals surface area contributed by atoms with Gasteiger partial charge in [-0.1, -0.05) is 6.92 Å². The zero-order valence-electron chi connectivity index (χ0n) is 11.9. The highest BCUT2D eigenvalue weighted by molar-refractivity contribution is 7.11. The van der Waals surface area contributed by atoms with E-state index in [-0.39, 0.29) is 6.04 Å². The quantitative estimate of drug-likeness (QED) is 0.805. The number of nitrogens with zero attached hydrogens (tertiary/aromatic N) is 4. The molecule has 106 valence electrons. The third kappa shape index (κ3) is 2.26. The van der Waals surface area contributed by atoms with Gasteiger partial charge in [0.1, 0.15) is 5.01 Å². The number of imidazole rings is 1. The van der Waals surface area contributed by atoms with Gasteiger partial charge < -0.3 is 10.3 Å². The van der Waals surface area contributed by atoms with Gasteiger partial charge in [0, 0.05) is 11.1 Å². The molecule has 1 atom stereocenters. The molecule has 0 spiro atoms. The van der Waals surface area contributed by atoms with Crippen molar-refractivity contribution in [3.8, 4) is 6.07 Å². The fourth-order valence-corrected chi connectivity index (χ4v) is 3.28. The lowest BCUT2D eigenvalue weighted by molar-refractivity contribution is 0.662. The van der Waals surface area contributed by atoms with Gasteiger partial charge in [0.15, 0.2) is 0 Å². The lowest BCUT2D eigenvalue weighted by atomic mass is 10.2. The van der Waals surface area contributed by atoms with Crippen LogP contribution in [0.1, 0.15) is 35.3 Å². The number of thiazole rings is 1. The monoisotopic (exact) mass is 297 g/mol. The first-order chi connectivity index (χ1) is 10.1. The maximum atomic E-state index is 9.06. The van der Waals surface area contributed by atoms with E-state index in [1.54, 1.807) is 17.4 Å². The molecule has 2 N–H and O–H groups in total. The zero-order chi connectivity index (χ0) is 15.0. The average molecular weight is 297 g/mol. The summed E-state index contributed by atoms with van der Waals surface area (Å²) in [6.07, 6.45) is 2.88. The van der Waals surface area contributed by atoms with Crippen LogP contribution in [0.2, 0.25) is 0 Å². The van der Waals surface area contributed by atoms with Gasteiger partial charge in [0.25, 0.3) is 0 Å². The molecule has 1 unspecified atom stereocenters. The lowest BCUT2D eigenvalue weighted by Gasteiger charge is -2.13. The Morgan fingerprint density at radius 1 is 1.48 bits per heavy atom. The summed E-state index contributed by atoms with van der Waals surface area (Å²) >= 11 is 1.69. The minimum absolute atomic E-state index is 0.00533.